The molecule has 2 unspecified atom stereocenters. The summed E-state index contributed by atoms with van der Waals surface area (Å²) in [6.07, 6.45) is 9.94. The number of carbonyl (C=O) groups excluding carboxylic acids is 2. The highest BCUT2D eigenvalue weighted by molar-refractivity contribution is 5.79. The van der Waals surface area contributed by atoms with Crippen molar-refractivity contribution in [2.24, 2.45) is 29.4 Å². The second-order valence-electron chi connectivity index (χ2n) is 9.93. The Balaban J connectivity index is 1.22. The highest BCUT2D eigenvalue weighted by Gasteiger charge is 2.51. The van der Waals surface area contributed by atoms with Crippen molar-refractivity contribution in [3.05, 3.63) is 0 Å². The zero-order valence-electron chi connectivity index (χ0n) is 16.7. The van der Waals surface area contributed by atoms with E-state index in [4.69, 9.17) is 5.73 Å². The summed E-state index contributed by atoms with van der Waals surface area (Å²) in [5, 5.41) is 6.25. The molecule has 0 radical (unpaired) electrons. The molecule has 6 nitrogen and oxygen atoms in total. The number of carbonyl (C=O) groups is 2. The first-order valence-electron chi connectivity index (χ1n) is 11.0. The average molecular weight is 377 g/mol. The predicted molar refractivity (Wildman–Crippen MR) is 105 cm³/mol. The zero-order chi connectivity index (χ0) is 19.0. The molecule has 1 saturated heterocycles. The van der Waals surface area contributed by atoms with Crippen LogP contribution in [0.3, 0.4) is 0 Å². The number of hydrogen-bond donors (Lipinski definition) is 3. The molecule has 5 aliphatic rings. The number of nitrogens with one attached hydrogen (secondary N) is 2. The standard InChI is InChI=1S/C21H36N4O2/c1-14-3-5-25(18(6-14)13-22)19(26)2-4-23-20(27)24-21-10-15-7-16(11-21)9-17(8-15)12-21/h14-18H,2-13,22H2,1H3,(H2,23,24,27). The van der Waals surface area contributed by atoms with E-state index in [9.17, 15) is 9.59 Å². The summed E-state index contributed by atoms with van der Waals surface area (Å²) in [5.41, 5.74) is 5.89. The highest BCUT2D eigenvalue weighted by atomic mass is 16.2. The van der Waals surface area contributed by atoms with E-state index in [1.165, 1.54) is 19.3 Å². The van der Waals surface area contributed by atoms with E-state index in [0.717, 1.165) is 56.4 Å². The number of piperidine rings is 1. The third-order valence-electron chi connectivity index (χ3n) is 7.61. The Hall–Kier alpha value is -1.30. The van der Waals surface area contributed by atoms with Gasteiger partial charge in [0.2, 0.25) is 5.91 Å². The maximum atomic E-state index is 12.6. The van der Waals surface area contributed by atoms with Gasteiger partial charge in [-0.2, -0.15) is 0 Å². The molecular weight excluding hydrogens is 340 g/mol. The van der Waals surface area contributed by atoms with Gasteiger partial charge in [-0.15, -0.1) is 0 Å². The van der Waals surface area contributed by atoms with Gasteiger partial charge in [0.25, 0.3) is 0 Å². The molecule has 0 aromatic heterocycles. The first-order chi connectivity index (χ1) is 13.0. The number of likely N-dealkylation sites (tertiary alicyclic amines) is 1. The molecular formula is C21H36N4O2. The molecule has 0 aromatic rings. The topological polar surface area (TPSA) is 87.5 Å². The number of rotatable bonds is 5. The number of hydrogen-bond acceptors (Lipinski definition) is 3. The van der Waals surface area contributed by atoms with Gasteiger partial charge in [0.05, 0.1) is 0 Å². The Morgan fingerprint density at radius 3 is 2.30 bits per heavy atom. The van der Waals surface area contributed by atoms with Crippen LogP contribution in [0.15, 0.2) is 0 Å². The van der Waals surface area contributed by atoms with Crippen LogP contribution >= 0.6 is 0 Å². The summed E-state index contributed by atoms with van der Waals surface area (Å²) in [6, 6.07) is 0.0643. The van der Waals surface area contributed by atoms with Gasteiger partial charge >= 0.3 is 6.03 Å². The zero-order valence-corrected chi connectivity index (χ0v) is 16.7. The lowest BCUT2D eigenvalue weighted by Gasteiger charge is -2.56. The first-order valence-corrected chi connectivity index (χ1v) is 11.0. The summed E-state index contributed by atoms with van der Waals surface area (Å²) in [6.45, 7) is 3.94. The van der Waals surface area contributed by atoms with Crippen LogP contribution in [0, 0.1) is 23.7 Å². The van der Waals surface area contributed by atoms with Crippen molar-refractivity contribution in [2.75, 3.05) is 19.6 Å². The van der Waals surface area contributed by atoms with E-state index in [1.807, 2.05) is 4.90 Å². The van der Waals surface area contributed by atoms with Gasteiger partial charge in [0.1, 0.15) is 0 Å². The van der Waals surface area contributed by atoms with E-state index in [2.05, 4.69) is 17.6 Å². The Morgan fingerprint density at radius 2 is 1.70 bits per heavy atom. The van der Waals surface area contributed by atoms with Gasteiger partial charge in [-0.3, -0.25) is 4.79 Å². The van der Waals surface area contributed by atoms with Crippen molar-refractivity contribution in [1.82, 2.24) is 15.5 Å². The Labute approximate surface area is 163 Å². The molecule has 0 aromatic carbocycles. The molecule has 4 aliphatic carbocycles. The van der Waals surface area contributed by atoms with E-state index in [-0.39, 0.29) is 23.5 Å². The molecule has 2 atom stereocenters. The van der Waals surface area contributed by atoms with Crippen LogP contribution < -0.4 is 16.4 Å². The molecule has 0 spiro atoms. The number of nitrogens with two attached hydrogens (primary N) is 1. The third kappa shape index (κ3) is 4.10. The average Bonchev–Trinajstić information content (AvgIpc) is 2.59. The molecule has 27 heavy (non-hydrogen) atoms. The van der Waals surface area contributed by atoms with E-state index in [0.29, 0.717) is 25.4 Å². The molecule has 3 amide bonds. The Kier molecular flexibility index (Phi) is 5.36. The molecule has 5 fully saturated rings. The van der Waals surface area contributed by atoms with E-state index < -0.39 is 0 Å². The fraction of sp³-hybridized carbons (Fsp3) is 0.905. The minimum atomic E-state index is -0.0904. The summed E-state index contributed by atoms with van der Waals surface area (Å²) in [4.78, 5) is 27.0. The number of urea groups is 1. The lowest BCUT2D eigenvalue weighted by molar-refractivity contribution is -0.135. The number of nitrogens with zero attached hydrogens (tertiary/aromatic N) is 1. The Bertz CT molecular complexity index is 543. The molecule has 152 valence electrons. The minimum absolute atomic E-state index is 0.0243. The molecule has 4 bridgehead atoms. The SMILES string of the molecule is CC1CCN(C(=O)CCNC(=O)NC23CC4CC(CC(C4)C2)C3)C(CN)C1. The smallest absolute Gasteiger partial charge is 0.315 e. The Morgan fingerprint density at radius 1 is 1.07 bits per heavy atom. The fourth-order valence-corrected chi connectivity index (χ4v) is 6.78. The van der Waals surface area contributed by atoms with Gasteiger partial charge in [-0.1, -0.05) is 6.92 Å². The summed E-state index contributed by atoms with van der Waals surface area (Å²) in [7, 11) is 0. The van der Waals surface area contributed by atoms with Crippen LogP contribution in [0.2, 0.25) is 0 Å². The van der Waals surface area contributed by atoms with E-state index >= 15 is 0 Å². The second kappa shape index (κ2) is 7.61. The normalized spacial score (nSPS) is 40.1. The van der Waals surface area contributed by atoms with Gasteiger partial charge in [-0.05, 0) is 75.0 Å². The molecule has 4 saturated carbocycles. The molecule has 6 heteroatoms. The van der Waals surface area contributed by atoms with Gasteiger partial charge < -0.3 is 21.3 Å². The largest absolute Gasteiger partial charge is 0.338 e. The van der Waals surface area contributed by atoms with Crippen LogP contribution in [0.5, 0.6) is 0 Å². The van der Waals surface area contributed by atoms with Crippen LogP contribution in [-0.2, 0) is 4.79 Å². The summed E-state index contributed by atoms with van der Waals surface area (Å²) in [5.74, 6) is 3.19. The lowest BCUT2D eigenvalue weighted by atomic mass is 9.53. The van der Waals surface area contributed by atoms with Crippen molar-refractivity contribution in [1.29, 1.82) is 0 Å². The van der Waals surface area contributed by atoms with Gasteiger partial charge in [0.15, 0.2) is 0 Å². The van der Waals surface area contributed by atoms with Crippen molar-refractivity contribution in [2.45, 2.75) is 76.3 Å². The summed E-state index contributed by atoms with van der Waals surface area (Å²) >= 11 is 0. The number of amides is 3. The predicted octanol–water partition coefficient (Wildman–Crippen LogP) is 2.23. The molecule has 1 heterocycles. The third-order valence-corrected chi connectivity index (χ3v) is 7.61. The van der Waals surface area contributed by atoms with Gasteiger partial charge in [-0.25, -0.2) is 4.79 Å². The second-order valence-corrected chi connectivity index (χ2v) is 9.93. The van der Waals surface area contributed by atoms with Crippen LogP contribution in [0.4, 0.5) is 4.79 Å². The van der Waals surface area contributed by atoms with E-state index in [1.54, 1.807) is 0 Å². The van der Waals surface area contributed by atoms with Crippen LogP contribution in [0.25, 0.3) is 0 Å². The quantitative estimate of drug-likeness (QED) is 0.687. The fourth-order valence-electron chi connectivity index (χ4n) is 6.78. The summed E-state index contributed by atoms with van der Waals surface area (Å²) < 4.78 is 0. The van der Waals surface area contributed by atoms with Crippen LogP contribution in [-0.4, -0.2) is 48.1 Å². The lowest BCUT2D eigenvalue weighted by Crippen LogP contribution is -2.61. The maximum absolute atomic E-state index is 12.6. The van der Waals surface area contributed by atoms with Crippen molar-refractivity contribution >= 4 is 11.9 Å². The highest BCUT2D eigenvalue weighted by Crippen LogP contribution is 2.55. The van der Waals surface area contributed by atoms with Crippen LogP contribution in [0.1, 0.15) is 64.7 Å². The first kappa shape index (κ1) is 19.0. The molecule has 1 aliphatic heterocycles. The van der Waals surface area contributed by atoms with Crippen molar-refractivity contribution in [3.63, 3.8) is 0 Å². The van der Waals surface area contributed by atoms with Crippen molar-refractivity contribution < 1.29 is 9.59 Å². The molecule has 5 rings (SSSR count). The minimum Gasteiger partial charge on any atom is -0.338 e. The molecule has 4 N–H and O–H groups in total. The van der Waals surface area contributed by atoms with Crippen molar-refractivity contribution in [3.8, 4) is 0 Å². The monoisotopic (exact) mass is 376 g/mol. The maximum Gasteiger partial charge on any atom is 0.315 e. The van der Waals surface area contributed by atoms with Gasteiger partial charge in [0, 0.05) is 37.6 Å².